The Morgan fingerprint density at radius 3 is 1.95 bits per heavy atom. The van der Waals surface area contributed by atoms with E-state index in [0.29, 0.717) is 5.90 Å². The number of anilines is 3. The van der Waals surface area contributed by atoms with Crippen LogP contribution in [0, 0.1) is 53.9 Å². The molecule has 3 heterocycles. The summed E-state index contributed by atoms with van der Waals surface area (Å²) in [5.41, 5.74) is 18.6. The highest BCUT2D eigenvalue weighted by Crippen LogP contribution is 2.62. The topological polar surface area (TPSA) is 47.0 Å². The molecule has 5 aromatic carbocycles. The molecule has 9 rings (SSSR count). The van der Waals surface area contributed by atoms with Gasteiger partial charge in [0, 0.05) is 46.2 Å². The molecule has 0 radical (unpaired) electrons. The van der Waals surface area contributed by atoms with Crippen molar-refractivity contribution >= 4 is 23.1 Å². The lowest BCUT2D eigenvalue weighted by Gasteiger charge is -2.46. The standard InChI is InChI=1S/C58H65N3O2/c1-33-19-38(6)51(39(7)20-33)40-26-41(53-60-57(16)31-42-24-36(4)37(5)25-47(42)58(57,63-53)55(11,12)13)28-46(27-40)62-45-22-34(2)21-44(30-45)61-50-18-17-43(54(8,9)10)29-48(50)56(14,15)49-23-35(3)32-59-52(49)61/h17-30,32H,31H2,1-16H3/t57-,58-/m1/s1. The van der Waals surface area contributed by atoms with Gasteiger partial charge in [0.2, 0.25) is 5.90 Å². The summed E-state index contributed by atoms with van der Waals surface area (Å²) in [6.45, 7) is 36.0. The third kappa shape index (κ3) is 6.71. The van der Waals surface area contributed by atoms with Crippen LogP contribution in [0.2, 0.25) is 0 Å². The number of aliphatic imine (C=N–C) groups is 1. The molecule has 0 saturated carbocycles. The van der Waals surface area contributed by atoms with Crippen LogP contribution in [0.5, 0.6) is 11.5 Å². The number of benzene rings is 5. The van der Waals surface area contributed by atoms with Crippen LogP contribution in [0.4, 0.5) is 17.2 Å². The first-order valence-electron chi connectivity index (χ1n) is 22.8. The lowest BCUT2D eigenvalue weighted by atomic mass is 9.65. The van der Waals surface area contributed by atoms with Gasteiger partial charge in [0.05, 0.1) is 11.4 Å². The summed E-state index contributed by atoms with van der Waals surface area (Å²) in [6.07, 6.45) is 2.81. The van der Waals surface area contributed by atoms with E-state index in [1.165, 1.54) is 61.2 Å². The minimum atomic E-state index is -0.642. The van der Waals surface area contributed by atoms with E-state index in [1.807, 2.05) is 6.20 Å². The summed E-state index contributed by atoms with van der Waals surface area (Å²) < 4.78 is 14.5. The zero-order valence-electron chi connectivity index (χ0n) is 40.5. The number of fused-ring (bicyclic) bond motifs is 5. The highest BCUT2D eigenvalue weighted by molar-refractivity contribution is 5.99. The lowest BCUT2D eigenvalue weighted by Crippen LogP contribution is -2.52. The maximum absolute atomic E-state index is 7.44. The Labute approximate surface area is 376 Å². The normalized spacial score (nSPS) is 19.8. The molecule has 0 amide bonds. The van der Waals surface area contributed by atoms with Gasteiger partial charge in [0.15, 0.2) is 5.60 Å². The van der Waals surface area contributed by atoms with Gasteiger partial charge < -0.3 is 9.47 Å². The first kappa shape index (κ1) is 42.6. The van der Waals surface area contributed by atoms with Crippen LogP contribution in [0.15, 0.2) is 96.1 Å². The summed E-state index contributed by atoms with van der Waals surface area (Å²) in [6, 6.07) is 31.6. The number of pyridine rings is 1. The summed E-state index contributed by atoms with van der Waals surface area (Å²) in [7, 11) is 0. The maximum Gasteiger partial charge on any atom is 0.217 e. The molecule has 3 aliphatic rings. The van der Waals surface area contributed by atoms with Gasteiger partial charge in [-0.1, -0.05) is 97.4 Å². The highest BCUT2D eigenvalue weighted by Gasteiger charge is 2.67. The Kier molecular flexibility index (Phi) is 9.58. The Morgan fingerprint density at radius 2 is 1.27 bits per heavy atom. The van der Waals surface area contributed by atoms with Crippen LogP contribution in [0.1, 0.15) is 135 Å². The third-order valence-electron chi connectivity index (χ3n) is 14.4. The third-order valence-corrected chi connectivity index (χ3v) is 14.4. The second-order valence-corrected chi connectivity index (χ2v) is 21.9. The highest BCUT2D eigenvalue weighted by atomic mass is 16.5. The molecule has 1 aliphatic carbocycles. The van der Waals surface area contributed by atoms with Gasteiger partial charge >= 0.3 is 0 Å². The fraction of sp³-hybridized carbons (Fsp3) is 0.379. The van der Waals surface area contributed by atoms with Gasteiger partial charge in [0.25, 0.3) is 0 Å². The fourth-order valence-electron chi connectivity index (χ4n) is 11.3. The molecular weight excluding hydrogens is 771 g/mol. The molecule has 2 aliphatic heterocycles. The zero-order valence-corrected chi connectivity index (χ0v) is 40.5. The number of ether oxygens (including phenoxy) is 2. The van der Waals surface area contributed by atoms with Crippen molar-refractivity contribution < 1.29 is 9.47 Å². The van der Waals surface area contributed by atoms with Crippen molar-refractivity contribution in [3.63, 3.8) is 0 Å². The second kappa shape index (κ2) is 14.2. The minimum Gasteiger partial charge on any atom is -0.463 e. The van der Waals surface area contributed by atoms with Gasteiger partial charge in [-0.15, -0.1) is 0 Å². The Hall–Kier alpha value is -5.68. The molecule has 63 heavy (non-hydrogen) atoms. The first-order chi connectivity index (χ1) is 29.4. The van der Waals surface area contributed by atoms with Crippen molar-refractivity contribution in [2.75, 3.05) is 4.90 Å². The predicted octanol–water partition coefficient (Wildman–Crippen LogP) is 15.1. The molecule has 2 atom stereocenters. The van der Waals surface area contributed by atoms with E-state index >= 15 is 0 Å². The zero-order chi connectivity index (χ0) is 45.3. The molecule has 6 aromatic rings. The van der Waals surface area contributed by atoms with Gasteiger partial charge in [0.1, 0.15) is 22.9 Å². The molecule has 0 unspecified atom stereocenters. The van der Waals surface area contributed by atoms with Crippen molar-refractivity contribution in [2.45, 2.75) is 139 Å². The van der Waals surface area contributed by atoms with Crippen molar-refractivity contribution in [3.8, 4) is 22.6 Å². The monoisotopic (exact) mass is 836 g/mol. The van der Waals surface area contributed by atoms with Crippen LogP contribution < -0.4 is 9.64 Å². The molecule has 0 fully saturated rings. The quantitative estimate of drug-likeness (QED) is 0.174. The number of rotatable bonds is 5. The maximum atomic E-state index is 7.44. The van der Waals surface area contributed by atoms with Crippen molar-refractivity contribution in [3.05, 3.63) is 163 Å². The van der Waals surface area contributed by atoms with Gasteiger partial charge in [-0.2, -0.15) is 0 Å². The molecule has 5 nitrogen and oxygen atoms in total. The Bertz CT molecular complexity index is 2900. The van der Waals surface area contributed by atoms with Crippen LogP contribution >= 0.6 is 0 Å². The second-order valence-electron chi connectivity index (χ2n) is 21.9. The molecule has 0 spiro atoms. The fourth-order valence-corrected chi connectivity index (χ4v) is 11.3. The van der Waals surface area contributed by atoms with Crippen LogP contribution in [-0.4, -0.2) is 16.4 Å². The molecule has 1 aromatic heterocycles. The van der Waals surface area contributed by atoms with E-state index in [-0.39, 0.29) is 16.2 Å². The molecular formula is C58H65N3O2. The van der Waals surface area contributed by atoms with Crippen molar-refractivity contribution in [2.24, 2.45) is 10.4 Å². The van der Waals surface area contributed by atoms with Crippen molar-refractivity contribution in [1.82, 2.24) is 4.98 Å². The van der Waals surface area contributed by atoms with E-state index in [0.717, 1.165) is 57.4 Å². The van der Waals surface area contributed by atoms with Gasteiger partial charge in [-0.05, 0) is 164 Å². The summed E-state index contributed by atoms with van der Waals surface area (Å²) in [4.78, 5) is 13.1. The van der Waals surface area contributed by atoms with Gasteiger partial charge in [-0.3, -0.25) is 4.90 Å². The molecule has 0 N–H and O–H groups in total. The number of aromatic nitrogens is 1. The van der Waals surface area contributed by atoms with Crippen LogP contribution in [-0.2, 0) is 27.6 Å². The SMILES string of the molecule is Cc1cc(Oc2cc(C3=N[C@]4(C)Cc5cc(C)c(C)cc5[C@]4(C(C)(C)C)O3)cc(-c3c(C)cc(C)cc3C)c2)cc(N2c3ccc(C(C)(C)C)cc3C(C)(C)c3cc(C)cnc32)c1. The number of nitrogens with zero attached hydrogens (tertiary/aromatic N) is 3. The molecule has 324 valence electrons. The molecule has 5 heteroatoms. The summed E-state index contributed by atoms with van der Waals surface area (Å²) >= 11 is 0. The Morgan fingerprint density at radius 1 is 0.619 bits per heavy atom. The summed E-state index contributed by atoms with van der Waals surface area (Å²) in [5.74, 6) is 3.09. The lowest BCUT2D eigenvalue weighted by molar-refractivity contribution is -0.0724. The van der Waals surface area contributed by atoms with Gasteiger partial charge in [-0.25, -0.2) is 9.98 Å². The largest absolute Gasteiger partial charge is 0.463 e. The van der Waals surface area contributed by atoms with Crippen LogP contribution in [0.3, 0.4) is 0 Å². The van der Waals surface area contributed by atoms with E-state index < -0.39 is 11.1 Å². The van der Waals surface area contributed by atoms with E-state index in [1.54, 1.807) is 0 Å². The molecule has 0 bridgehead atoms. The van der Waals surface area contributed by atoms with E-state index in [2.05, 4.69) is 201 Å². The average Bonchev–Trinajstić information content (AvgIpc) is 3.61. The number of aryl methyl sites for hydroxylation is 7. The minimum absolute atomic E-state index is 0.00998. The smallest absolute Gasteiger partial charge is 0.217 e. The number of hydrogen-bond acceptors (Lipinski definition) is 5. The predicted molar refractivity (Wildman–Crippen MR) is 262 cm³/mol. The number of hydrogen-bond donors (Lipinski definition) is 0. The Balaban J connectivity index is 1.19. The van der Waals surface area contributed by atoms with E-state index in [9.17, 15) is 0 Å². The first-order valence-corrected chi connectivity index (χ1v) is 22.8. The molecule has 0 saturated heterocycles. The average molecular weight is 836 g/mol. The van der Waals surface area contributed by atoms with Crippen LogP contribution in [0.25, 0.3) is 11.1 Å². The van der Waals surface area contributed by atoms with Crippen molar-refractivity contribution in [1.29, 1.82) is 0 Å². The summed E-state index contributed by atoms with van der Waals surface area (Å²) in [5, 5.41) is 0. The van der Waals surface area contributed by atoms with E-state index in [4.69, 9.17) is 19.5 Å².